The molecule has 2 aliphatic rings. The van der Waals surface area contributed by atoms with Crippen molar-refractivity contribution in [1.29, 1.82) is 0 Å². The summed E-state index contributed by atoms with van der Waals surface area (Å²) >= 11 is 0. The molecule has 0 aromatic heterocycles. The smallest absolute Gasteiger partial charge is 0.00927 e. The fraction of sp³-hybridized carbons (Fsp3) is 1.00. The van der Waals surface area contributed by atoms with Crippen molar-refractivity contribution in [3.8, 4) is 0 Å². The van der Waals surface area contributed by atoms with Crippen LogP contribution in [0.5, 0.6) is 0 Å². The largest absolute Gasteiger partial charge is 0.327 e. The minimum Gasteiger partial charge on any atom is -0.327 e. The lowest BCUT2D eigenvalue weighted by molar-refractivity contribution is 0.112. The minimum atomic E-state index is 0.469. The second-order valence-electron chi connectivity index (χ2n) is 6.11. The number of rotatable bonds is 3. The summed E-state index contributed by atoms with van der Waals surface area (Å²) in [4.78, 5) is 2.75. The van der Waals surface area contributed by atoms with E-state index < -0.39 is 0 Å². The van der Waals surface area contributed by atoms with Crippen molar-refractivity contribution in [2.24, 2.45) is 11.7 Å². The molecular weight excluding hydrogens is 208 g/mol. The van der Waals surface area contributed by atoms with E-state index in [4.69, 9.17) is 5.73 Å². The average Bonchev–Trinajstić information content (AvgIpc) is 2.56. The summed E-state index contributed by atoms with van der Waals surface area (Å²) in [6.45, 7) is 4.94. The van der Waals surface area contributed by atoms with E-state index in [1.54, 1.807) is 0 Å². The lowest BCUT2D eigenvalue weighted by Crippen LogP contribution is -2.45. The van der Waals surface area contributed by atoms with Crippen LogP contribution in [0.4, 0.5) is 0 Å². The minimum absolute atomic E-state index is 0.469. The Balaban J connectivity index is 1.88. The third-order valence-electron chi connectivity index (χ3n) is 4.91. The molecule has 1 heterocycles. The first-order valence-electron chi connectivity index (χ1n) is 7.81. The van der Waals surface area contributed by atoms with Gasteiger partial charge in [0.1, 0.15) is 0 Å². The molecule has 1 aliphatic carbocycles. The fourth-order valence-electron chi connectivity index (χ4n) is 3.70. The molecule has 100 valence electrons. The maximum absolute atomic E-state index is 6.36. The van der Waals surface area contributed by atoms with Crippen LogP contribution in [0.15, 0.2) is 0 Å². The number of hydrogen-bond acceptors (Lipinski definition) is 2. The normalized spacial score (nSPS) is 36.7. The number of likely N-dealkylation sites (tertiary alicyclic amines) is 1. The van der Waals surface area contributed by atoms with E-state index in [2.05, 4.69) is 11.8 Å². The Hall–Kier alpha value is -0.0800. The lowest BCUT2D eigenvalue weighted by Gasteiger charge is -2.38. The molecule has 0 amide bonds. The van der Waals surface area contributed by atoms with Gasteiger partial charge in [0, 0.05) is 18.6 Å². The highest BCUT2D eigenvalue weighted by molar-refractivity contribution is 4.83. The van der Waals surface area contributed by atoms with Gasteiger partial charge in [0.05, 0.1) is 0 Å². The molecule has 0 aromatic rings. The molecule has 3 unspecified atom stereocenters. The molecule has 1 aliphatic heterocycles. The van der Waals surface area contributed by atoms with Crippen LogP contribution in [-0.4, -0.2) is 30.1 Å². The number of nitrogens with two attached hydrogens (primary N) is 1. The third-order valence-corrected chi connectivity index (χ3v) is 4.91. The van der Waals surface area contributed by atoms with Gasteiger partial charge in [-0.2, -0.15) is 0 Å². The van der Waals surface area contributed by atoms with Crippen molar-refractivity contribution in [3.05, 3.63) is 0 Å². The summed E-state index contributed by atoms with van der Waals surface area (Å²) in [5, 5.41) is 0. The first kappa shape index (κ1) is 13.4. The van der Waals surface area contributed by atoms with Crippen LogP contribution in [0.1, 0.15) is 64.7 Å². The van der Waals surface area contributed by atoms with E-state index in [0.717, 1.165) is 12.0 Å². The Morgan fingerprint density at radius 2 is 1.76 bits per heavy atom. The van der Waals surface area contributed by atoms with Crippen molar-refractivity contribution < 1.29 is 0 Å². The summed E-state index contributed by atoms with van der Waals surface area (Å²) < 4.78 is 0. The van der Waals surface area contributed by atoms with Crippen molar-refractivity contribution in [1.82, 2.24) is 4.90 Å². The highest BCUT2D eigenvalue weighted by Crippen LogP contribution is 2.26. The maximum atomic E-state index is 6.36. The van der Waals surface area contributed by atoms with Gasteiger partial charge in [0.25, 0.3) is 0 Å². The van der Waals surface area contributed by atoms with E-state index in [1.807, 2.05) is 0 Å². The molecule has 0 aromatic carbocycles. The van der Waals surface area contributed by atoms with E-state index >= 15 is 0 Å². The molecular formula is C15H30N2. The van der Waals surface area contributed by atoms with Gasteiger partial charge >= 0.3 is 0 Å². The zero-order valence-electron chi connectivity index (χ0n) is 11.5. The van der Waals surface area contributed by atoms with Crippen molar-refractivity contribution in [2.75, 3.05) is 13.1 Å². The average molecular weight is 238 g/mol. The highest BCUT2D eigenvalue weighted by atomic mass is 15.2. The second-order valence-corrected chi connectivity index (χ2v) is 6.11. The predicted molar refractivity (Wildman–Crippen MR) is 74.1 cm³/mol. The van der Waals surface area contributed by atoms with Gasteiger partial charge in [-0.25, -0.2) is 0 Å². The Morgan fingerprint density at radius 1 is 1.00 bits per heavy atom. The SMILES string of the molecule is CCC1CCCCN1CC1CCCCCC1N. The van der Waals surface area contributed by atoms with Gasteiger partial charge in [-0.15, -0.1) is 0 Å². The molecule has 1 saturated carbocycles. The number of piperidine rings is 1. The van der Waals surface area contributed by atoms with E-state index in [1.165, 1.54) is 70.9 Å². The van der Waals surface area contributed by atoms with Crippen LogP contribution in [-0.2, 0) is 0 Å². The molecule has 2 fully saturated rings. The first-order valence-corrected chi connectivity index (χ1v) is 7.81. The fourth-order valence-corrected chi connectivity index (χ4v) is 3.70. The standard InChI is InChI=1S/C15H30N2/c1-2-14-9-6-7-11-17(14)12-13-8-4-3-5-10-15(13)16/h13-15H,2-12,16H2,1H3. The molecule has 2 rings (SSSR count). The zero-order valence-corrected chi connectivity index (χ0v) is 11.5. The van der Waals surface area contributed by atoms with Crippen LogP contribution in [0.3, 0.4) is 0 Å². The molecule has 2 heteroatoms. The van der Waals surface area contributed by atoms with Crippen LogP contribution in [0.2, 0.25) is 0 Å². The van der Waals surface area contributed by atoms with Gasteiger partial charge < -0.3 is 10.6 Å². The van der Waals surface area contributed by atoms with Crippen LogP contribution < -0.4 is 5.73 Å². The molecule has 1 saturated heterocycles. The topological polar surface area (TPSA) is 29.3 Å². The Bertz CT molecular complexity index is 217. The third kappa shape index (κ3) is 3.69. The van der Waals surface area contributed by atoms with E-state index in [0.29, 0.717) is 6.04 Å². The molecule has 17 heavy (non-hydrogen) atoms. The quantitative estimate of drug-likeness (QED) is 0.765. The number of nitrogens with zero attached hydrogens (tertiary/aromatic N) is 1. The Morgan fingerprint density at radius 3 is 2.59 bits per heavy atom. The molecule has 0 radical (unpaired) electrons. The van der Waals surface area contributed by atoms with Crippen molar-refractivity contribution >= 4 is 0 Å². The van der Waals surface area contributed by atoms with Gasteiger partial charge in [-0.1, -0.05) is 32.6 Å². The zero-order chi connectivity index (χ0) is 12.1. The van der Waals surface area contributed by atoms with Crippen LogP contribution in [0.25, 0.3) is 0 Å². The summed E-state index contributed by atoms with van der Waals surface area (Å²) in [5.74, 6) is 0.768. The Labute approximate surface area is 107 Å². The molecule has 0 spiro atoms. The molecule has 3 atom stereocenters. The molecule has 0 bridgehead atoms. The van der Waals surface area contributed by atoms with Crippen LogP contribution in [0, 0.1) is 5.92 Å². The van der Waals surface area contributed by atoms with Crippen molar-refractivity contribution in [3.63, 3.8) is 0 Å². The Kier molecular flexibility index (Phi) is 5.30. The van der Waals surface area contributed by atoms with Gasteiger partial charge in [0.15, 0.2) is 0 Å². The maximum Gasteiger partial charge on any atom is 0.00927 e. The summed E-state index contributed by atoms with van der Waals surface area (Å²) in [6, 6.07) is 1.32. The lowest BCUT2D eigenvalue weighted by atomic mass is 9.92. The first-order chi connectivity index (χ1) is 8.31. The molecule has 2 nitrogen and oxygen atoms in total. The summed E-state index contributed by atoms with van der Waals surface area (Å²) in [6.07, 6.45) is 12.4. The van der Waals surface area contributed by atoms with E-state index in [9.17, 15) is 0 Å². The van der Waals surface area contributed by atoms with E-state index in [-0.39, 0.29) is 0 Å². The summed E-state index contributed by atoms with van der Waals surface area (Å²) in [5.41, 5.74) is 6.36. The van der Waals surface area contributed by atoms with Crippen molar-refractivity contribution in [2.45, 2.75) is 76.8 Å². The molecule has 2 N–H and O–H groups in total. The van der Waals surface area contributed by atoms with Gasteiger partial charge in [-0.05, 0) is 44.6 Å². The van der Waals surface area contributed by atoms with Crippen LogP contribution >= 0.6 is 0 Å². The van der Waals surface area contributed by atoms with Gasteiger partial charge in [0.2, 0.25) is 0 Å². The highest BCUT2D eigenvalue weighted by Gasteiger charge is 2.27. The van der Waals surface area contributed by atoms with Gasteiger partial charge in [-0.3, -0.25) is 0 Å². The second kappa shape index (κ2) is 6.75. The predicted octanol–water partition coefficient (Wildman–Crippen LogP) is 3.16. The summed E-state index contributed by atoms with van der Waals surface area (Å²) in [7, 11) is 0. The number of hydrogen-bond donors (Lipinski definition) is 1. The monoisotopic (exact) mass is 238 g/mol.